The van der Waals surface area contributed by atoms with Crippen molar-refractivity contribution in [1.29, 1.82) is 0 Å². The van der Waals surface area contributed by atoms with Crippen LogP contribution in [0.4, 0.5) is 4.39 Å². The molecule has 1 aromatic carbocycles. The maximum absolute atomic E-state index is 14.0. The van der Waals surface area contributed by atoms with Crippen LogP contribution in [0, 0.1) is 25.7 Å². The van der Waals surface area contributed by atoms with Crippen molar-refractivity contribution in [2.45, 2.75) is 33.1 Å². The molecule has 2 aromatic rings. The maximum atomic E-state index is 14.0. The third-order valence-electron chi connectivity index (χ3n) is 3.37. The molecule has 0 unspecified atom stereocenters. The molecule has 6 nitrogen and oxygen atoms in total. The Hall–Kier alpha value is -2.88. The molecule has 0 bridgehead atoms. The lowest BCUT2D eigenvalue weighted by molar-refractivity contribution is 0.209. The second-order valence-electron chi connectivity index (χ2n) is 5.33. The van der Waals surface area contributed by atoms with Gasteiger partial charge in [0.1, 0.15) is 12.9 Å². The first-order valence-corrected chi connectivity index (χ1v) is 7.79. The summed E-state index contributed by atoms with van der Waals surface area (Å²) in [5.41, 5.74) is 1.67. The third kappa shape index (κ3) is 5.05. The number of halogens is 1. The van der Waals surface area contributed by atoms with Gasteiger partial charge in [-0.1, -0.05) is 22.2 Å². The molecule has 1 aromatic heterocycles. The fourth-order valence-electron chi connectivity index (χ4n) is 2.33. The zero-order chi connectivity index (χ0) is 18.2. The zero-order valence-electron chi connectivity index (χ0n) is 14.7. The first-order chi connectivity index (χ1) is 12.0. The number of aromatic nitrogens is 2. The van der Waals surface area contributed by atoms with Gasteiger partial charge in [-0.15, -0.1) is 0 Å². The summed E-state index contributed by atoms with van der Waals surface area (Å²) in [7, 11) is 2.77. The van der Waals surface area contributed by atoms with E-state index in [1.165, 1.54) is 14.2 Å². The highest BCUT2D eigenvalue weighted by Crippen LogP contribution is 2.26. The van der Waals surface area contributed by atoms with E-state index in [1.807, 2.05) is 13.0 Å². The molecule has 0 radical (unpaired) electrons. The number of hydrogen-bond donors (Lipinski definition) is 0. The molecule has 0 spiro atoms. The molecule has 0 aliphatic carbocycles. The van der Waals surface area contributed by atoms with Crippen LogP contribution in [0.5, 0.6) is 5.75 Å². The minimum Gasteiger partial charge on any atom is -0.496 e. The molecule has 0 fully saturated rings. The van der Waals surface area contributed by atoms with Crippen molar-refractivity contribution in [2.24, 2.45) is 5.16 Å². The Kier molecular flexibility index (Phi) is 6.52. The normalized spacial score (nSPS) is 11.0. The summed E-state index contributed by atoms with van der Waals surface area (Å²) < 4.78 is 24.3. The second kappa shape index (κ2) is 8.83. The van der Waals surface area contributed by atoms with Crippen LogP contribution in [0.25, 0.3) is 0 Å². The number of nitrogens with zero attached hydrogens (tertiary/aromatic N) is 3. The average molecular weight is 345 g/mol. The van der Waals surface area contributed by atoms with E-state index < -0.39 is 5.97 Å². The maximum Gasteiger partial charge on any atom is 0.260 e. The summed E-state index contributed by atoms with van der Waals surface area (Å²) in [5.74, 6) is 7.00. The smallest absolute Gasteiger partial charge is 0.260 e. The molecular formula is C18H20FN3O3. The number of aryl methyl sites for hydroxylation is 3. The van der Waals surface area contributed by atoms with Gasteiger partial charge >= 0.3 is 0 Å². The Balaban J connectivity index is 2.08. The lowest BCUT2D eigenvalue weighted by Crippen LogP contribution is -2.01. The van der Waals surface area contributed by atoms with Crippen molar-refractivity contribution >= 4 is 5.97 Å². The molecule has 7 heteroatoms. The van der Waals surface area contributed by atoms with Crippen molar-refractivity contribution in [3.63, 3.8) is 0 Å². The van der Waals surface area contributed by atoms with Gasteiger partial charge in [0.05, 0.1) is 12.7 Å². The number of hydrogen-bond acceptors (Lipinski definition) is 6. The van der Waals surface area contributed by atoms with E-state index in [1.54, 1.807) is 13.0 Å². The van der Waals surface area contributed by atoms with Gasteiger partial charge in [-0.05, 0) is 38.0 Å². The van der Waals surface area contributed by atoms with Crippen LogP contribution in [-0.2, 0) is 11.3 Å². The number of methoxy groups -OCH3 is 1. The van der Waals surface area contributed by atoms with Crippen LogP contribution in [-0.4, -0.2) is 30.3 Å². The van der Waals surface area contributed by atoms with E-state index in [0.717, 1.165) is 12.0 Å². The molecule has 1 heterocycles. The molecule has 0 atom stereocenters. The van der Waals surface area contributed by atoms with Crippen LogP contribution < -0.4 is 4.74 Å². The Morgan fingerprint density at radius 3 is 2.76 bits per heavy atom. The van der Waals surface area contributed by atoms with Crippen molar-refractivity contribution in [3.8, 4) is 17.6 Å². The van der Waals surface area contributed by atoms with Crippen LogP contribution in [0.3, 0.4) is 0 Å². The molecule has 0 aliphatic rings. The van der Waals surface area contributed by atoms with Gasteiger partial charge in [0.15, 0.2) is 5.82 Å². The largest absolute Gasteiger partial charge is 0.496 e. The molecule has 2 rings (SSSR count). The minimum atomic E-state index is -0.752. The van der Waals surface area contributed by atoms with Gasteiger partial charge in [0.2, 0.25) is 5.89 Å². The van der Waals surface area contributed by atoms with Crippen molar-refractivity contribution in [2.75, 3.05) is 14.2 Å². The van der Waals surface area contributed by atoms with Gasteiger partial charge in [-0.25, -0.2) is 0 Å². The second-order valence-corrected chi connectivity index (χ2v) is 5.33. The number of oxime groups is 1. The quantitative estimate of drug-likeness (QED) is 0.347. The molecule has 0 saturated heterocycles. The van der Waals surface area contributed by atoms with Gasteiger partial charge in [-0.2, -0.15) is 9.37 Å². The van der Waals surface area contributed by atoms with Gasteiger partial charge in [0, 0.05) is 18.4 Å². The predicted octanol–water partition coefficient (Wildman–Crippen LogP) is 3.35. The van der Waals surface area contributed by atoms with E-state index in [9.17, 15) is 4.39 Å². The monoisotopic (exact) mass is 345 g/mol. The zero-order valence-corrected chi connectivity index (χ0v) is 14.7. The summed E-state index contributed by atoms with van der Waals surface area (Å²) in [6.07, 6.45) is 2.14. The highest BCUT2D eigenvalue weighted by Gasteiger charge is 2.14. The third-order valence-corrected chi connectivity index (χ3v) is 3.37. The van der Waals surface area contributed by atoms with Crippen LogP contribution in [0.15, 0.2) is 21.8 Å². The van der Waals surface area contributed by atoms with Crippen LogP contribution in [0.1, 0.15) is 41.2 Å². The highest BCUT2D eigenvalue weighted by molar-refractivity contribution is 5.96. The average Bonchev–Trinajstić information content (AvgIpc) is 2.99. The fourth-order valence-corrected chi connectivity index (χ4v) is 2.33. The van der Waals surface area contributed by atoms with E-state index in [2.05, 4.69) is 32.0 Å². The number of rotatable bonds is 6. The van der Waals surface area contributed by atoms with Crippen LogP contribution in [0.2, 0.25) is 0 Å². The van der Waals surface area contributed by atoms with Crippen molar-refractivity contribution in [3.05, 3.63) is 40.5 Å². The predicted molar refractivity (Wildman–Crippen MR) is 91.2 cm³/mol. The van der Waals surface area contributed by atoms with Crippen molar-refractivity contribution in [1.82, 2.24) is 10.1 Å². The van der Waals surface area contributed by atoms with Gasteiger partial charge < -0.3 is 14.1 Å². The van der Waals surface area contributed by atoms with Gasteiger partial charge in [-0.3, -0.25) is 0 Å². The summed E-state index contributed by atoms with van der Waals surface area (Å²) in [5, 5.41) is 7.07. The number of ether oxygens (including phenoxy) is 1. The molecule has 132 valence electrons. The Labute approximate surface area is 146 Å². The van der Waals surface area contributed by atoms with Gasteiger partial charge in [0.25, 0.3) is 5.97 Å². The first-order valence-electron chi connectivity index (χ1n) is 7.79. The van der Waals surface area contributed by atoms with E-state index >= 15 is 0 Å². The first kappa shape index (κ1) is 18.5. The summed E-state index contributed by atoms with van der Waals surface area (Å²) in [6.45, 7) is 3.61. The minimum absolute atomic E-state index is 0.218. The molecule has 0 saturated carbocycles. The standard InChI is InChI=1S/C18H20FN3O3/c1-12-10-14(11-15(17(12)23-3)18(19)22-24-4)8-6-5-7-9-16-20-13(2)21-25-16/h10-11H,5,7,9H2,1-4H3/b22-18-. The molecular weight excluding hydrogens is 325 g/mol. The summed E-state index contributed by atoms with van der Waals surface area (Å²) in [4.78, 5) is 8.63. The van der Waals surface area contributed by atoms with E-state index in [0.29, 0.717) is 35.9 Å². The molecule has 0 amide bonds. The number of unbranched alkanes of at least 4 members (excludes halogenated alkanes) is 1. The Morgan fingerprint density at radius 2 is 2.12 bits per heavy atom. The number of benzene rings is 1. The molecule has 25 heavy (non-hydrogen) atoms. The lowest BCUT2D eigenvalue weighted by atomic mass is 10.0. The van der Waals surface area contributed by atoms with E-state index in [4.69, 9.17) is 9.26 Å². The summed E-state index contributed by atoms with van der Waals surface area (Å²) >= 11 is 0. The summed E-state index contributed by atoms with van der Waals surface area (Å²) in [6, 6.07) is 3.44. The van der Waals surface area contributed by atoms with Crippen molar-refractivity contribution < 1.29 is 18.5 Å². The topological polar surface area (TPSA) is 69.7 Å². The molecule has 0 N–H and O–H groups in total. The van der Waals surface area contributed by atoms with Crippen LogP contribution >= 0.6 is 0 Å². The SMILES string of the molecule is CO/N=C(\F)c1cc(C#CCCCc2nc(C)no2)cc(C)c1OC. The van der Waals surface area contributed by atoms with E-state index in [-0.39, 0.29) is 5.56 Å². The Morgan fingerprint density at radius 1 is 1.32 bits per heavy atom. The lowest BCUT2D eigenvalue weighted by Gasteiger charge is -2.10. The molecule has 0 aliphatic heterocycles. The Bertz CT molecular complexity index is 819. The highest BCUT2D eigenvalue weighted by atomic mass is 19.1. The fraction of sp³-hybridized carbons (Fsp3) is 0.389.